The molecule has 23 heavy (non-hydrogen) atoms. The van der Waals surface area contributed by atoms with Crippen LogP contribution < -0.4 is 16.0 Å². The summed E-state index contributed by atoms with van der Waals surface area (Å²) in [6.07, 6.45) is 6.32. The Morgan fingerprint density at radius 3 is 2.74 bits per heavy atom. The number of rotatable bonds is 6. The first-order valence-corrected chi connectivity index (χ1v) is 7.50. The minimum atomic E-state index is -0.185. The molecule has 0 aliphatic rings. The van der Waals surface area contributed by atoms with Crippen molar-refractivity contribution in [1.29, 1.82) is 0 Å². The molecule has 5 nitrogen and oxygen atoms in total. The Hall–Kier alpha value is -1.75. The van der Waals surface area contributed by atoms with Crippen molar-refractivity contribution in [3.05, 3.63) is 29.8 Å². The first-order chi connectivity index (χ1) is 10.6. The molecule has 0 bridgehead atoms. The molecule has 3 N–H and O–H groups in total. The highest BCUT2D eigenvalue weighted by Crippen LogP contribution is 2.09. The number of halogens is 1. The number of hydrogen-bond donors (Lipinski definition) is 3. The van der Waals surface area contributed by atoms with Crippen LogP contribution in [0, 0.1) is 12.3 Å². The van der Waals surface area contributed by atoms with E-state index in [1.807, 2.05) is 19.1 Å². The SMILES string of the molecule is C#Cc1cccc(NC(=O)CN=C(NCC)NC(C)CC)c1.I. The number of anilines is 1. The van der Waals surface area contributed by atoms with Gasteiger partial charge in [-0.25, -0.2) is 4.99 Å². The van der Waals surface area contributed by atoms with Crippen molar-refractivity contribution < 1.29 is 4.79 Å². The van der Waals surface area contributed by atoms with E-state index >= 15 is 0 Å². The fourth-order valence-corrected chi connectivity index (χ4v) is 1.69. The predicted molar refractivity (Wildman–Crippen MR) is 107 cm³/mol. The molecule has 0 aliphatic carbocycles. The van der Waals surface area contributed by atoms with Crippen LogP contribution in [0.3, 0.4) is 0 Å². The summed E-state index contributed by atoms with van der Waals surface area (Å²) in [5.74, 6) is 2.99. The van der Waals surface area contributed by atoms with Crippen molar-refractivity contribution in [3.63, 3.8) is 0 Å². The lowest BCUT2D eigenvalue weighted by atomic mass is 10.2. The van der Waals surface area contributed by atoms with Crippen LogP contribution >= 0.6 is 24.0 Å². The number of hydrogen-bond acceptors (Lipinski definition) is 2. The number of carbonyl (C=O) groups excluding carboxylic acids is 1. The molecule has 6 heteroatoms. The van der Waals surface area contributed by atoms with Gasteiger partial charge in [0.15, 0.2) is 5.96 Å². The molecule has 126 valence electrons. The monoisotopic (exact) mass is 428 g/mol. The van der Waals surface area contributed by atoms with Crippen molar-refractivity contribution >= 4 is 41.5 Å². The van der Waals surface area contributed by atoms with Gasteiger partial charge >= 0.3 is 0 Å². The molecule has 0 radical (unpaired) electrons. The first kappa shape index (κ1) is 21.2. The number of aliphatic imine (C=N–C) groups is 1. The molecular weight excluding hydrogens is 403 g/mol. The molecule has 1 amide bonds. The zero-order chi connectivity index (χ0) is 16.4. The fourth-order valence-electron chi connectivity index (χ4n) is 1.69. The lowest BCUT2D eigenvalue weighted by Gasteiger charge is -2.16. The minimum absolute atomic E-state index is 0. The van der Waals surface area contributed by atoms with Gasteiger partial charge in [0.05, 0.1) is 0 Å². The highest BCUT2D eigenvalue weighted by molar-refractivity contribution is 14.0. The van der Waals surface area contributed by atoms with Gasteiger partial charge in [-0.05, 0) is 38.5 Å². The van der Waals surface area contributed by atoms with E-state index in [1.165, 1.54) is 0 Å². The zero-order valence-corrected chi connectivity index (χ0v) is 16.2. The van der Waals surface area contributed by atoms with E-state index in [-0.39, 0.29) is 36.4 Å². The Kier molecular flexibility index (Phi) is 10.9. The van der Waals surface area contributed by atoms with Crippen LogP contribution in [0.5, 0.6) is 0 Å². The molecule has 0 heterocycles. The lowest BCUT2D eigenvalue weighted by molar-refractivity contribution is -0.114. The average Bonchev–Trinajstić information content (AvgIpc) is 2.52. The molecule has 0 aromatic heterocycles. The molecular formula is C17H25IN4O. The summed E-state index contributed by atoms with van der Waals surface area (Å²) in [5, 5.41) is 9.14. The maximum atomic E-state index is 12.0. The molecule has 1 aromatic rings. The number of guanidine groups is 1. The average molecular weight is 428 g/mol. The largest absolute Gasteiger partial charge is 0.357 e. The van der Waals surface area contributed by atoms with Crippen LogP contribution in [0.2, 0.25) is 0 Å². The Morgan fingerprint density at radius 2 is 2.13 bits per heavy atom. The Balaban J connectivity index is 0.00000484. The fraction of sp³-hybridized carbons (Fsp3) is 0.412. The summed E-state index contributed by atoms with van der Waals surface area (Å²) in [4.78, 5) is 16.2. The molecule has 0 saturated carbocycles. The van der Waals surface area contributed by atoms with Crippen molar-refractivity contribution in [2.45, 2.75) is 33.2 Å². The summed E-state index contributed by atoms with van der Waals surface area (Å²) in [5.41, 5.74) is 1.41. The van der Waals surface area contributed by atoms with E-state index in [1.54, 1.807) is 12.1 Å². The summed E-state index contributed by atoms with van der Waals surface area (Å²) in [6.45, 7) is 6.93. The molecule has 1 rings (SSSR count). The molecule has 0 saturated heterocycles. The number of carbonyl (C=O) groups is 1. The van der Waals surface area contributed by atoms with Crippen LogP contribution in [0.25, 0.3) is 0 Å². The molecule has 1 atom stereocenters. The van der Waals surface area contributed by atoms with Gasteiger partial charge < -0.3 is 16.0 Å². The minimum Gasteiger partial charge on any atom is -0.357 e. The van der Waals surface area contributed by atoms with Crippen LogP contribution in [0.15, 0.2) is 29.3 Å². The lowest BCUT2D eigenvalue weighted by Crippen LogP contribution is -2.42. The van der Waals surface area contributed by atoms with Crippen LogP contribution in [0.4, 0.5) is 5.69 Å². The third-order valence-electron chi connectivity index (χ3n) is 3.03. The van der Waals surface area contributed by atoms with Gasteiger partial charge in [0.25, 0.3) is 0 Å². The van der Waals surface area contributed by atoms with E-state index in [2.05, 4.69) is 40.7 Å². The van der Waals surface area contributed by atoms with Gasteiger partial charge in [-0.15, -0.1) is 30.4 Å². The van der Waals surface area contributed by atoms with Crippen LogP contribution in [-0.2, 0) is 4.79 Å². The second-order valence-corrected chi connectivity index (χ2v) is 4.92. The van der Waals surface area contributed by atoms with Gasteiger partial charge in [-0.2, -0.15) is 0 Å². The molecule has 1 aromatic carbocycles. The highest BCUT2D eigenvalue weighted by Gasteiger charge is 2.05. The van der Waals surface area contributed by atoms with Gasteiger partial charge in [-0.3, -0.25) is 4.79 Å². The summed E-state index contributed by atoms with van der Waals surface area (Å²) in [7, 11) is 0. The third kappa shape index (κ3) is 8.45. The van der Waals surface area contributed by atoms with Crippen molar-refractivity contribution in [1.82, 2.24) is 10.6 Å². The third-order valence-corrected chi connectivity index (χ3v) is 3.03. The number of nitrogens with one attached hydrogen (secondary N) is 3. The Labute approximate surface area is 155 Å². The Bertz CT molecular complexity index is 566. The molecule has 0 aliphatic heterocycles. The van der Waals surface area contributed by atoms with E-state index in [9.17, 15) is 4.79 Å². The van der Waals surface area contributed by atoms with Gasteiger partial charge in [0, 0.05) is 23.8 Å². The maximum Gasteiger partial charge on any atom is 0.246 e. The van der Waals surface area contributed by atoms with Gasteiger partial charge in [0.1, 0.15) is 6.54 Å². The van der Waals surface area contributed by atoms with Crippen LogP contribution in [0.1, 0.15) is 32.8 Å². The van der Waals surface area contributed by atoms with Gasteiger partial charge in [0.2, 0.25) is 5.91 Å². The van der Waals surface area contributed by atoms with Crippen molar-refractivity contribution in [2.24, 2.45) is 4.99 Å². The number of nitrogens with zero attached hydrogens (tertiary/aromatic N) is 1. The molecule has 0 spiro atoms. The topological polar surface area (TPSA) is 65.5 Å². The maximum absolute atomic E-state index is 12.0. The van der Waals surface area contributed by atoms with E-state index in [4.69, 9.17) is 6.42 Å². The normalized spacial score (nSPS) is 11.7. The summed E-state index contributed by atoms with van der Waals surface area (Å²) in [6, 6.07) is 7.47. The zero-order valence-electron chi connectivity index (χ0n) is 13.8. The number of terminal acetylenes is 1. The first-order valence-electron chi connectivity index (χ1n) is 7.50. The molecule has 0 fully saturated rings. The van der Waals surface area contributed by atoms with E-state index < -0.39 is 0 Å². The number of benzene rings is 1. The van der Waals surface area contributed by atoms with Gasteiger partial charge in [-0.1, -0.05) is 18.9 Å². The Morgan fingerprint density at radius 1 is 1.39 bits per heavy atom. The van der Waals surface area contributed by atoms with Crippen molar-refractivity contribution in [3.8, 4) is 12.3 Å². The predicted octanol–water partition coefficient (Wildman–Crippen LogP) is 2.58. The van der Waals surface area contributed by atoms with E-state index in [0.717, 1.165) is 18.5 Å². The summed E-state index contributed by atoms with van der Waals surface area (Å²) < 4.78 is 0. The number of amides is 1. The second kappa shape index (κ2) is 11.8. The van der Waals surface area contributed by atoms with Crippen molar-refractivity contribution in [2.75, 3.05) is 18.4 Å². The highest BCUT2D eigenvalue weighted by atomic mass is 127. The smallest absolute Gasteiger partial charge is 0.246 e. The summed E-state index contributed by atoms with van der Waals surface area (Å²) >= 11 is 0. The molecule has 1 unspecified atom stereocenters. The second-order valence-electron chi connectivity index (χ2n) is 4.92. The standard InChI is InChI=1S/C17H24N4O.HI/c1-5-13(4)20-17(18-7-3)19-12-16(22)21-15-10-8-9-14(6-2)11-15;/h2,8-11,13H,5,7,12H2,1,3-4H3,(H,21,22)(H2,18,19,20);1H. The van der Waals surface area contributed by atoms with E-state index in [0.29, 0.717) is 17.7 Å². The van der Waals surface area contributed by atoms with Crippen LogP contribution in [-0.4, -0.2) is 31.0 Å². The quantitative estimate of drug-likeness (QED) is 0.283.